The van der Waals surface area contributed by atoms with Crippen molar-refractivity contribution in [1.29, 1.82) is 0 Å². The Balaban J connectivity index is 2.25. The van der Waals surface area contributed by atoms with Crippen LogP contribution in [0.1, 0.15) is 31.3 Å². The number of aryl methyl sites for hydroxylation is 1. The molecule has 0 bridgehead atoms. The van der Waals surface area contributed by atoms with Crippen LogP contribution < -0.4 is 5.32 Å². The van der Waals surface area contributed by atoms with Gasteiger partial charge in [0, 0.05) is 0 Å². The highest BCUT2D eigenvalue weighted by Crippen LogP contribution is 2.22. The minimum absolute atomic E-state index is 0.00957. The largest absolute Gasteiger partial charge is 0.345 e. The van der Waals surface area contributed by atoms with Crippen LogP contribution in [0.25, 0.3) is 11.0 Å². The number of carbonyl (C=O) groups is 1. The summed E-state index contributed by atoms with van der Waals surface area (Å²) in [5, 5.41) is 3.07. The Morgan fingerprint density at radius 3 is 2.71 bits per heavy atom. The number of amides is 1. The fourth-order valence-corrected chi connectivity index (χ4v) is 2.35. The molecule has 1 aromatic heterocycles. The average Bonchev–Trinajstić information content (AvgIpc) is 2.77. The van der Waals surface area contributed by atoms with Crippen molar-refractivity contribution in [3.63, 3.8) is 0 Å². The zero-order chi connectivity index (χ0) is 15.6. The normalized spacial score (nSPS) is 13.1. The van der Waals surface area contributed by atoms with Crippen LogP contribution in [0, 0.1) is 12.8 Å². The van der Waals surface area contributed by atoms with Gasteiger partial charge in [0.1, 0.15) is 5.82 Å². The summed E-state index contributed by atoms with van der Waals surface area (Å²) in [7, 11) is 3.77. The second kappa shape index (κ2) is 6.26. The van der Waals surface area contributed by atoms with E-state index in [0.717, 1.165) is 16.9 Å². The van der Waals surface area contributed by atoms with E-state index in [-0.39, 0.29) is 17.9 Å². The van der Waals surface area contributed by atoms with Crippen LogP contribution in [0.15, 0.2) is 18.2 Å². The molecule has 2 N–H and O–H groups in total. The van der Waals surface area contributed by atoms with Gasteiger partial charge in [-0.1, -0.05) is 19.9 Å². The number of H-pyrrole nitrogens is 1. The van der Waals surface area contributed by atoms with Gasteiger partial charge in [0.15, 0.2) is 0 Å². The Bertz CT molecular complexity index is 630. The Morgan fingerprint density at radius 2 is 2.10 bits per heavy atom. The van der Waals surface area contributed by atoms with Crippen molar-refractivity contribution in [2.75, 3.05) is 20.6 Å². The molecule has 0 radical (unpaired) electrons. The first kappa shape index (κ1) is 15.5. The molecule has 0 unspecified atom stereocenters. The smallest absolute Gasteiger partial charge is 0.234 e. The molecule has 114 valence electrons. The number of hydrogen-bond donors (Lipinski definition) is 2. The van der Waals surface area contributed by atoms with Crippen LogP contribution in [-0.4, -0.2) is 41.4 Å². The Labute approximate surface area is 125 Å². The van der Waals surface area contributed by atoms with Crippen molar-refractivity contribution >= 4 is 16.9 Å². The van der Waals surface area contributed by atoms with Gasteiger partial charge in [0.05, 0.1) is 23.6 Å². The predicted octanol–water partition coefficient (Wildman–Crippen LogP) is 2.25. The maximum atomic E-state index is 12.0. The SMILES string of the molecule is Cc1ccc2nc([C@@H](NC(=O)CN(C)C)C(C)C)[nH]c2c1. The van der Waals surface area contributed by atoms with E-state index in [1.165, 1.54) is 5.56 Å². The van der Waals surface area contributed by atoms with Crippen LogP contribution in [0.4, 0.5) is 0 Å². The molecular weight excluding hydrogens is 264 g/mol. The van der Waals surface area contributed by atoms with E-state index in [0.29, 0.717) is 6.54 Å². The Morgan fingerprint density at radius 1 is 1.38 bits per heavy atom. The lowest BCUT2D eigenvalue weighted by Gasteiger charge is -2.21. The van der Waals surface area contributed by atoms with Gasteiger partial charge in [-0.05, 0) is 44.6 Å². The fraction of sp³-hybridized carbons (Fsp3) is 0.500. The standard InChI is InChI=1S/C16H24N4O/c1-10(2)15(19-14(21)9-20(4)5)16-17-12-7-6-11(3)8-13(12)18-16/h6-8,10,15H,9H2,1-5H3,(H,17,18)(H,19,21)/t15-/m0/s1. The number of carbonyl (C=O) groups excluding carboxylic acids is 1. The first-order chi connectivity index (χ1) is 9.86. The van der Waals surface area contributed by atoms with E-state index >= 15 is 0 Å². The molecule has 1 aromatic carbocycles. The quantitative estimate of drug-likeness (QED) is 0.887. The van der Waals surface area contributed by atoms with E-state index in [1.54, 1.807) is 0 Å². The molecular formula is C16H24N4O. The van der Waals surface area contributed by atoms with Crippen LogP contribution in [0.5, 0.6) is 0 Å². The summed E-state index contributed by atoms with van der Waals surface area (Å²) in [5.74, 6) is 1.09. The number of hydrogen-bond acceptors (Lipinski definition) is 3. The summed E-state index contributed by atoms with van der Waals surface area (Å²) in [4.78, 5) is 21.8. The first-order valence-corrected chi connectivity index (χ1v) is 7.27. The van der Waals surface area contributed by atoms with E-state index in [1.807, 2.05) is 31.1 Å². The Kier molecular flexibility index (Phi) is 4.63. The lowest BCUT2D eigenvalue weighted by Crippen LogP contribution is -2.38. The molecule has 21 heavy (non-hydrogen) atoms. The molecule has 0 fully saturated rings. The number of nitrogens with zero attached hydrogens (tertiary/aromatic N) is 2. The van der Waals surface area contributed by atoms with Crippen molar-refractivity contribution in [2.45, 2.75) is 26.8 Å². The number of aromatic amines is 1. The van der Waals surface area contributed by atoms with Gasteiger partial charge in [-0.2, -0.15) is 0 Å². The van der Waals surface area contributed by atoms with Gasteiger partial charge >= 0.3 is 0 Å². The first-order valence-electron chi connectivity index (χ1n) is 7.27. The number of imidazole rings is 1. The summed E-state index contributed by atoms with van der Waals surface area (Å²) in [6.07, 6.45) is 0. The molecule has 5 heteroatoms. The second-order valence-corrected chi connectivity index (χ2v) is 6.17. The van der Waals surface area contributed by atoms with Crippen LogP contribution in [0.3, 0.4) is 0 Å². The third kappa shape index (κ3) is 3.82. The lowest BCUT2D eigenvalue weighted by atomic mass is 10.0. The monoisotopic (exact) mass is 288 g/mol. The van der Waals surface area contributed by atoms with Gasteiger partial charge in [-0.25, -0.2) is 4.98 Å². The van der Waals surface area contributed by atoms with Gasteiger partial charge in [0.2, 0.25) is 5.91 Å². The minimum atomic E-state index is -0.106. The molecule has 2 rings (SSSR count). The zero-order valence-electron chi connectivity index (χ0n) is 13.4. The van der Waals surface area contributed by atoms with Crippen LogP contribution in [0.2, 0.25) is 0 Å². The van der Waals surface area contributed by atoms with E-state index in [4.69, 9.17) is 0 Å². The molecule has 0 saturated carbocycles. The van der Waals surface area contributed by atoms with Crippen molar-refractivity contribution in [2.24, 2.45) is 5.92 Å². The summed E-state index contributed by atoms with van der Waals surface area (Å²) in [6.45, 7) is 6.60. The third-order valence-corrected chi connectivity index (χ3v) is 3.39. The summed E-state index contributed by atoms with van der Waals surface area (Å²) in [5.41, 5.74) is 3.14. The molecule has 0 spiro atoms. The van der Waals surface area contributed by atoms with Gasteiger partial charge in [-0.3, -0.25) is 4.79 Å². The number of rotatable bonds is 5. The van der Waals surface area contributed by atoms with Crippen molar-refractivity contribution in [1.82, 2.24) is 20.2 Å². The maximum absolute atomic E-state index is 12.0. The zero-order valence-corrected chi connectivity index (χ0v) is 13.4. The van der Waals surface area contributed by atoms with Crippen molar-refractivity contribution in [3.05, 3.63) is 29.6 Å². The summed E-state index contributed by atoms with van der Waals surface area (Å²) in [6, 6.07) is 6.02. The molecule has 5 nitrogen and oxygen atoms in total. The Hall–Kier alpha value is -1.88. The minimum Gasteiger partial charge on any atom is -0.345 e. The average molecular weight is 288 g/mol. The number of aromatic nitrogens is 2. The van der Waals surface area contributed by atoms with E-state index in [2.05, 4.69) is 42.1 Å². The molecule has 0 aliphatic rings. The van der Waals surface area contributed by atoms with Gasteiger partial charge in [-0.15, -0.1) is 0 Å². The topological polar surface area (TPSA) is 61.0 Å². The number of likely N-dealkylation sites (N-methyl/N-ethyl adjacent to an activating group) is 1. The molecule has 0 aliphatic carbocycles. The highest BCUT2D eigenvalue weighted by atomic mass is 16.2. The molecule has 1 heterocycles. The van der Waals surface area contributed by atoms with E-state index < -0.39 is 0 Å². The molecule has 0 saturated heterocycles. The number of fused-ring (bicyclic) bond motifs is 1. The highest BCUT2D eigenvalue weighted by Gasteiger charge is 2.21. The van der Waals surface area contributed by atoms with Gasteiger partial charge < -0.3 is 15.2 Å². The number of benzene rings is 1. The highest BCUT2D eigenvalue weighted by molar-refractivity contribution is 5.79. The third-order valence-electron chi connectivity index (χ3n) is 3.39. The fourth-order valence-electron chi connectivity index (χ4n) is 2.35. The molecule has 1 amide bonds. The maximum Gasteiger partial charge on any atom is 0.234 e. The van der Waals surface area contributed by atoms with Crippen molar-refractivity contribution < 1.29 is 4.79 Å². The van der Waals surface area contributed by atoms with Gasteiger partial charge in [0.25, 0.3) is 0 Å². The summed E-state index contributed by atoms with van der Waals surface area (Å²) < 4.78 is 0. The number of nitrogens with one attached hydrogen (secondary N) is 2. The lowest BCUT2D eigenvalue weighted by molar-refractivity contribution is -0.122. The van der Waals surface area contributed by atoms with Crippen molar-refractivity contribution in [3.8, 4) is 0 Å². The molecule has 0 aliphatic heterocycles. The summed E-state index contributed by atoms with van der Waals surface area (Å²) >= 11 is 0. The van der Waals surface area contributed by atoms with E-state index in [9.17, 15) is 4.79 Å². The molecule has 2 aromatic rings. The molecule has 1 atom stereocenters. The second-order valence-electron chi connectivity index (χ2n) is 6.17. The van der Waals surface area contributed by atoms with Crippen LogP contribution >= 0.6 is 0 Å². The van der Waals surface area contributed by atoms with Crippen LogP contribution in [-0.2, 0) is 4.79 Å². The predicted molar refractivity (Wildman–Crippen MR) is 85.1 cm³/mol.